The van der Waals surface area contributed by atoms with Gasteiger partial charge in [0, 0.05) is 12.1 Å². The van der Waals surface area contributed by atoms with Crippen molar-refractivity contribution in [2.45, 2.75) is 0 Å². The second kappa shape index (κ2) is 3.72. The molecule has 0 saturated carbocycles. The van der Waals surface area contributed by atoms with Gasteiger partial charge in [0.15, 0.2) is 0 Å². The third-order valence-corrected chi connectivity index (χ3v) is 1.51. The third-order valence-electron chi connectivity index (χ3n) is 1.51. The van der Waals surface area contributed by atoms with Gasteiger partial charge < -0.3 is 4.74 Å². The average molecular weight is 184 g/mol. The molecule has 70 valence electrons. The molecule has 2 N–H and O–H groups in total. The first-order valence-electron chi connectivity index (χ1n) is 3.41. The third kappa shape index (κ3) is 1.85. The zero-order valence-electron chi connectivity index (χ0n) is 6.85. The van der Waals surface area contributed by atoms with E-state index in [-0.39, 0.29) is 11.4 Å². The molecule has 13 heavy (non-hydrogen) atoms. The van der Waals surface area contributed by atoms with Crippen molar-refractivity contribution < 1.29 is 14.9 Å². The number of hydrogen-bond donors (Lipinski definition) is 2. The highest BCUT2D eigenvalue weighted by molar-refractivity contribution is 5.60. The van der Waals surface area contributed by atoms with E-state index >= 15 is 0 Å². The summed E-state index contributed by atoms with van der Waals surface area (Å²) in [4.78, 5) is 9.77. The molecule has 0 heterocycles. The second-order valence-electron chi connectivity index (χ2n) is 2.25. The summed E-state index contributed by atoms with van der Waals surface area (Å²) in [6.45, 7) is 0. The Labute approximate surface area is 73.9 Å². The lowest BCUT2D eigenvalue weighted by Gasteiger charge is -2.05. The van der Waals surface area contributed by atoms with Crippen molar-refractivity contribution in [3.05, 3.63) is 28.3 Å². The van der Waals surface area contributed by atoms with Gasteiger partial charge in [-0.3, -0.25) is 20.8 Å². The maximum absolute atomic E-state index is 10.3. The Morgan fingerprint density at radius 1 is 1.62 bits per heavy atom. The Kier molecular flexibility index (Phi) is 2.65. The molecule has 0 aliphatic carbocycles. The van der Waals surface area contributed by atoms with Crippen molar-refractivity contribution in [2.75, 3.05) is 12.6 Å². The molecule has 6 heteroatoms. The maximum Gasteiger partial charge on any atom is 0.271 e. The molecule has 1 aromatic carbocycles. The number of ether oxygens (including phenoxy) is 1. The molecule has 0 aromatic heterocycles. The zero-order valence-corrected chi connectivity index (χ0v) is 6.85. The summed E-state index contributed by atoms with van der Waals surface area (Å²) in [5.74, 6) is 0.341. The van der Waals surface area contributed by atoms with Crippen LogP contribution in [0.1, 0.15) is 0 Å². The predicted octanol–water partition coefficient (Wildman–Crippen LogP) is 1.40. The van der Waals surface area contributed by atoms with Crippen LogP contribution in [0.15, 0.2) is 18.2 Å². The minimum absolute atomic E-state index is 0.114. The van der Waals surface area contributed by atoms with E-state index in [1.807, 2.05) is 5.48 Å². The molecule has 0 unspecified atom stereocenters. The molecular weight excluding hydrogens is 176 g/mol. The van der Waals surface area contributed by atoms with E-state index in [2.05, 4.69) is 0 Å². The molecule has 0 bridgehead atoms. The van der Waals surface area contributed by atoms with Crippen molar-refractivity contribution in [3.8, 4) is 5.75 Å². The number of anilines is 1. The number of methoxy groups -OCH3 is 1. The molecule has 0 saturated heterocycles. The van der Waals surface area contributed by atoms with Crippen LogP contribution in [0.25, 0.3) is 0 Å². The smallest absolute Gasteiger partial charge is 0.271 e. The van der Waals surface area contributed by atoms with Crippen LogP contribution in [0.4, 0.5) is 11.4 Å². The van der Waals surface area contributed by atoms with Crippen molar-refractivity contribution in [1.82, 2.24) is 0 Å². The number of non-ortho nitro benzene ring substituents is 1. The van der Waals surface area contributed by atoms with Gasteiger partial charge in [-0.15, -0.1) is 0 Å². The standard InChI is InChI=1S/C7H8N2O4/c1-13-7-3-2-5(9(11)12)4-6(7)8-10/h2-4,8,10H,1H3. The number of hydrogen-bond acceptors (Lipinski definition) is 5. The Hall–Kier alpha value is -1.82. The van der Waals surface area contributed by atoms with E-state index < -0.39 is 4.92 Å². The monoisotopic (exact) mass is 184 g/mol. The van der Waals surface area contributed by atoms with Crippen LogP contribution in [0.3, 0.4) is 0 Å². The Bertz CT molecular complexity index is 326. The van der Waals surface area contributed by atoms with Gasteiger partial charge in [0.25, 0.3) is 5.69 Å². The summed E-state index contributed by atoms with van der Waals surface area (Å²) in [7, 11) is 1.40. The fourth-order valence-electron chi connectivity index (χ4n) is 0.897. The van der Waals surface area contributed by atoms with E-state index in [1.165, 1.54) is 25.3 Å². The molecule has 0 atom stereocenters. The van der Waals surface area contributed by atoms with Gasteiger partial charge in [-0.1, -0.05) is 0 Å². The summed E-state index contributed by atoms with van der Waals surface area (Å²) in [6.07, 6.45) is 0. The van der Waals surface area contributed by atoms with Crippen LogP contribution in [0.5, 0.6) is 5.75 Å². The number of nitro groups is 1. The van der Waals surface area contributed by atoms with Gasteiger partial charge >= 0.3 is 0 Å². The Morgan fingerprint density at radius 2 is 2.31 bits per heavy atom. The largest absolute Gasteiger partial charge is 0.494 e. The quantitative estimate of drug-likeness (QED) is 0.547. The number of nitrogens with one attached hydrogen (secondary N) is 1. The molecule has 0 fully saturated rings. The van der Waals surface area contributed by atoms with Crippen LogP contribution in [-0.2, 0) is 0 Å². The van der Waals surface area contributed by atoms with Crippen molar-refractivity contribution in [2.24, 2.45) is 0 Å². The topological polar surface area (TPSA) is 84.6 Å². The highest BCUT2D eigenvalue weighted by Gasteiger charge is 2.09. The summed E-state index contributed by atoms with van der Waals surface area (Å²) in [5.41, 5.74) is 1.86. The molecule has 6 nitrogen and oxygen atoms in total. The SMILES string of the molecule is COc1ccc([N+](=O)[O-])cc1NO. The van der Waals surface area contributed by atoms with E-state index in [0.29, 0.717) is 5.75 Å². The van der Waals surface area contributed by atoms with Crippen molar-refractivity contribution >= 4 is 11.4 Å². The van der Waals surface area contributed by atoms with Gasteiger partial charge in [0.2, 0.25) is 0 Å². The lowest BCUT2D eigenvalue weighted by molar-refractivity contribution is -0.384. The van der Waals surface area contributed by atoms with Gasteiger partial charge in [-0.2, -0.15) is 0 Å². The van der Waals surface area contributed by atoms with Gasteiger partial charge in [0.1, 0.15) is 11.4 Å². The summed E-state index contributed by atoms with van der Waals surface area (Å²) in [5, 5.41) is 18.9. The number of nitro benzene ring substituents is 1. The number of nitrogens with zero attached hydrogens (tertiary/aromatic N) is 1. The predicted molar refractivity (Wildman–Crippen MR) is 45.1 cm³/mol. The molecular formula is C7H8N2O4. The van der Waals surface area contributed by atoms with Gasteiger partial charge in [0.05, 0.1) is 12.0 Å². The van der Waals surface area contributed by atoms with E-state index in [1.54, 1.807) is 0 Å². The Morgan fingerprint density at radius 3 is 2.77 bits per heavy atom. The summed E-state index contributed by atoms with van der Waals surface area (Å²) >= 11 is 0. The molecule has 0 aliphatic heterocycles. The minimum atomic E-state index is -0.555. The molecule has 0 aliphatic rings. The van der Waals surface area contributed by atoms with E-state index in [9.17, 15) is 10.1 Å². The van der Waals surface area contributed by atoms with Crippen LogP contribution in [0.2, 0.25) is 0 Å². The first kappa shape index (κ1) is 9.27. The molecule has 0 amide bonds. The fourth-order valence-corrected chi connectivity index (χ4v) is 0.897. The van der Waals surface area contributed by atoms with Gasteiger partial charge in [-0.25, -0.2) is 0 Å². The van der Waals surface area contributed by atoms with Crippen LogP contribution >= 0.6 is 0 Å². The molecule has 1 rings (SSSR count). The zero-order chi connectivity index (χ0) is 9.84. The first-order valence-corrected chi connectivity index (χ1v) is 3.41. The van der Waals surface area contributed by atoms with E-state index in [4.69, 9.17) is 9.94 Å². The normalized spacial score (nSPS) is 9.38. The van der Waals surface area contributed by atoms with Crippen LogP contribution < -0.4 is 10.2 Å². The lowest BCUT2D eigenvalue weighted by Crippen LogP contribution is -1.96. The molecule has 0 radical (unpaired) electrons. The van der Waals surface area contributed by atoms with Gasteiger partial charge in [-0.05, 0) is 6.07 Å². The minimum Gasteiger partial charge on any atom is -0.494 e. The summed E-state index contributed by atoms with van der Waals surface area (Å²) < 4.78 is 4.83. The fraction of sp³-hybridized carbons (Fsp3) is 0.143. The first-order chi connectivity index (χ1) is 6.19. The van der Waals surface area contributed by atoms with Crippen LogP contribution in [0, 0.1) is 10.1 Å². The summed E-state index contributed by atoms with van der Waals surface area (Å²) in [6, 6.07) is 3.87. The van der Waals surface area contributed by atoms with E-state index in [0.717, 1.165) is 0 Å². The van der Waals surface area contributed by atoms with Crippen molar-refractivity contribution in [3.63, 3.8) is 0 Å². The maximum atomic E-state index is 10.3. The molecule has 0 spiro atoms. The number of rotatable bonds is 3. The highest BCUT2D eigenvalue weighted by Crippen LogP contribution is 2.27. The average Bonchev–Trinajstić information content (AvgIpc) is 2.16. The Balaban J connectivity index is 3.13. The second-order valence-corrected chi connectivity index (χ2v) is 2.25. The number of benzene rings is 1. The van der Waals surface area contributed by atoms with Crippen molar-refractivity contribution in [1.29, 1.82) is 0 Å². The molecule has 1 aromatic rings. The van der Waals surface area contributed by atoms with Crippen LogP contribution in [-0.4, -0.2) is 17.2 Å². The lowest BCUT2D eigenvalue weighted by atomic mass is 10.2. The highest BCUT2D eigenvalue weighted by atomic mass is 16.6.